The molecular formula is C9H13FO2. The largest absolute Gasteiger partial charge is 0.481 e. The van der Waals surface area contributed by atoms with Gasteiger partial charge in [0, 0.05) is 0 Å². The van der Waals surface area contributed by atoms with Crippen LogP contribution in [0.5, 0.6) is 0 Å². The van der Waals surface area contributed by atoms with Crippen molar-refractivity contribution >= 4 is 5.97 Å². The van der Waals surface area contributed by atoms with E-state index in [0.717, 1.165) is 0 Å². The molecule has 1 saturated carbocycles. The van der Waals surface area contributed by atoms with E-state index in [1.165, 1.54) is 13.0 Å². The van der Waals surface area contributed by atoms with E-state index in [1.54, 1.807) is 0 Å². The van der Waals surface area contributed by atoms with Crippen LogP contribution in [0.15, 0.2) is 11.9 Å². The van der Waals surface area contributed by atoms with Crippen molar-refractivity contribution in [3.05, 3.63) is 11.9 Å². The summed E-state index contributed by atoms with van der Waals surface area (Å²) in [4.78, 5) is 10.6. The van der Waals surface area contributed by atoms with Gasteiger partial charge in [-0.2, -0.15) is 0 Å². The van der Waals surface area contributed by atoms with Gasteiger partial charge < -0.3 is 5.11 Å². The van der Waals surface area contributed by atoms with Crippen molar-refractivity contribution < 1.29 is 14.3 Å². The second-order valence-corrected chi connectivity index (χ2v) is 3.92. The van der Waals surface area contributed by atoms with Crippen LogP contribution >= 0.6 is 0 Å². The molecule has 1 N–H and O–H groups in total. The molecule has 1 unspecified atom stereocenters. The van der Waals surface area contributed by atoms with Crippen LogP contribution in [-0.2, 0) is 4.79 Å². The van der Waals surface area contributed by atoms with Crippen LogP contribution < -0.4 is 0 Å². The number of carbonyl (C=O) groups is 1. The van der Waals surface area contributed by atoms with Gasteiger partial charge >= 0.3 is 5.97 Å². The van der Waals surface area contributed by atoms with E-state index in [1.807, 2.05) is 13.8 Å². The maximum atomic E-state index is 12.4. The molecule has 1 rings (SSSR count). The molecule has 0 amide bonds. The van der Waals surface area contributed by atoms with Gasteiger partial charge in [0.25, 0.3) is 0 Å². The number of hydrogen-bond acceptors (Lipinski definition) is 1. The van der Waals surface area contributed by atoms with Crippen molar-refractivity contribution in [2.24, 2.45) is 17.3 Å². The van der Waals surface area contributed by atoms with E-state index >= 15 is 0 Å². The molecule has 1 fully saturated rings. The summed E-state index contributed by atoms with van der Waals surface area (Å²) in [7, 11) is 0. The number of hydrogen-bond donors (Lipinski definition) is 1. The van der Waals surface area contributed by atoms with Crippen LogP contribution in [0.4, 0.5) is 4.39 Å². The van der Waals surface area contributed by atoms with Crippen molar-refractivity contribution in [2.45, 2.75) is 20.8 Å². The minimum Gasteiger partial charge on any atom is -0.481 e. The lowest BCUT2D eigenvalue weighted by Crippen LogP contribution is -2.02. The SMILES string of the molecule is C/C(F)=C\C1[C@@H](C(=O)O)C1(C)C. The molecule has 0 heterocycles. The third kappa shape index (κ3) is 1.36. The fourth-order valence-corrected chi connectivity index (χ4v) is 1.71. The Labute approximate surface area is 71.1 Å². The van der Waals surface area contributed by atoms with Crippen molar-refractivity contribution in [3.63, 3.8) is 0 Å². The molecule has 12 heavy (non-hydrogen) atoms. The van der Waals surface area contributed by atoms with Gasteiger partial charge in [0.2, 0.25) is 0 Å². The van der Waals surface area contributed by atoms with Crippen molar-refractivity contribution in [3.8, 4) is 0 Å². The van der Waals surface area contributed by atoms with Crippen molar-refractivity contribution in [1.82, 2.24) is 0 Å². The first-order valence-electron chi connectivity index (χ1n) is 3.94. The first kappa shape index (κ1) is 9.23. The van der Waals surface area contributed by atoms with Gasteiger partial charge in [-0.1, -0.05) is 13.8 Å². The highest BCUT2D eigenvalue weighted by Gasteiger charge is 2.60. The minimum absolute atomic E-state index is 0.139. The van der Waals surface area contributed by atoms with Gasteiger partial charge in [-0.3, -0.25) is 4.79 Å². The standard InChI is InChI=1S/C9H13FO2/c1-5(10)4-6-7(8(11)12)9(6,2)3/h4,6-7H,1-3H3,(H,11,12)/b5-4+/t6?,7-/m0/s1. The lowest BCUT2D eigenvalue weighted by Gasteiger charge is -1.96. The van der Waals surface area contributed by atoms with Crippen LogP contribution in [0.3, 0.4) is 0 Å². The third-order valence-corrected chi connectivity index (χ3v) is 2.59. The molecular weight excluding hydrogens is 159 g/mol. The molecule has 0 bridgehead atoms. The summed E-state index contributed by atoms with van der Waals surface area (Å²) in [5.74, 6) is -1.68. The summed E-state index contributed by atoms with van der Waals surface area (Å²) in [6.45, 7) is 5.03. The smallest absolute Gasteiger partial charge is 0.307 e. The zero-order valence-electron chi connectivity index (χ0n) is 7.47. The quantitative estimate of drug-likeness (QED) is 0.693. The summed E-state index contributed by atoms with van der Waals surface area (Å²) in [6, 6.07) is 0. The van der Waals surface area contributed by atoms with Gasteiger partial charge in [0.05, 0.1) is 11.7 Å². The van der Waals surface area contributed by atoms with Crippen LogP contribution in [0.1, 0.15) is 20.8 Å². The highest BCUT2D eigenvalue weighted by Crippen LogP contribution is 2.59. The predicted molar refractivity (Wildman–Crippen MR) is 43.3 cm³/mol. The number of carboxylic acid groups (broad SMARTS) is 1. The van der Waals surface area contributed by atoms with E-state index < -0.39 is 11.9 Å². The van der Waals surface area contributed by atoms with Gasteiger partial charge in [-0.05, 0) is 24.3 Å². The Morgan fingerprint density at radius 1 is 1.58 bits per heavy atom. The number of aliphatic carboxylic acids is 1. The second kappa shape index (κ2) is 2.57. The predicted octanol–water partition coefficient (Wildman–Crippen LogP) is 2.22. The average Bonchev–Trinajstić information content (AvgIpc) is 2.32. The Bertz CT molecular complexity index is 239. The first-order valence-corrected chi connectivity index (χ1v) is 3.94. The van der Waals surface area contributed by atoms with Crippen LogP contribution in [-0.4, -0.2) is 11.1 Å². The molecule has 0 saturated heterocycles. The molecule has 1 aliphatic carbocycles. The molecule has 0 aromatic heterocycles. The van der Waals surface area contributed by atoms with Crippen LogP contribution in [0.25, 0.3) is 0 Å². The second-order valence-electron chi connectivity index (χ2n) is 3.92. The fraction of sp³-hybridized carbons (Fsp3) is 0.667. The van der Waals surface area contributed by atoms with Gasteiger partial charge in [0.1, 0.15) is 0 Å². The Morgan fingerprint density at radius 2 is 2.08 bits per heavy atom. The van der Waals surface area contributed by atoms with Crippen molar-refractivity contribution in [1.29, 1.82) is 0 Å². The Kier molecular flexibility index (Phi) is 1.98. The summed E-state index contributed by atoms with van der Waals surface area (Å²) < 4.78 is 12.4. The minimum atomic E-state index is -0.831. The number of allylic oxidation sites excluding steroid dienone is 2. The normalized spacial score (nSPS) is 33.2. The molecule has 2 atom stereocenters. The molecule has 0 radical (unpaired) electrons. The summed E-state index contributed by atoms with van der Waals surface area (Å²) in [5.41, 5.74) is -0.279. The molecule has 0 aromatic carbocycles. The maximum Gasteiger partial charge on any atom is 0.307 e. The number of carboxylic acids is 1. The molecule has 0 spiro atoms. The van der Waals surface area contributed by atoms with E-state index in [9.17, 15) is 9.18 Å². The van der Waals surface area contributed by atoms with E-state index in [2.05, 4.69) is 0 Å². The first-order chi connectivity index (χ1) is 5.37. The van der Waals surface area contributed by atoms with E-state index in [4.69, 9.17) is 5.11 Å². The van der Waals surface area contributed by atoms with Crippen molar-refractivity contribution in [2.75, 3.05) is 0 Å². The van der Waals surface area contributed by atoms with Gasteiger partial charge in [-0.25, -0.2) is 4.39 Å². The topological polar surface area (TPSA) is 37.3 Å². The lowest BCUT2D eigenvalue weighted by atomic mass is 10.1. The summed E-state index contributed by atoms with van der Waals surface area (Å²) in [5, 5.41) is 8.72. The Balaban J connectivity index is 2.73. The summed E-state index contributed by atoms with van der Waals surface area (Å²) in [6.07, 6.45) is 1.40. The molecule has 3 heteroatoms. The molecule has 0 aliphatic heterocycles. The van der Waals surface area contributed by atoms with E-state index in [0.29, 0.717) is 0 Å². The highest BCUT2D eigenvalue weighted by molar-refractivity contribution is 5.76. The molecule has 2 nitrogen and oxygen atoms in total. The fourth-order valence-electron chi connectivity index (χ4n) is 1.71. The lowest BCUT2D eigenvalue weighted by molar-refractivity contribution is -0.139. The Morgan fingerprint density at radius 3 is 2.33 bits per heavy atom. The van der Waals surface area contributed by atoms with E-state index in [-0.39, 0.29) is 17.2 Å². The molecule has 1 aliphatic rings. The third-order valence-electron chi connectivity index (χ3n) is 2.59. The summed E-state index contributed by atoms with van der Waals surface area (Å²) >= 11 is 0. The monoisotopic (exact) mass is 172 g/mol. The Hall–Kier alpha value is -0.860. The average molecular weight is 172 g/mol. The zero-order chi connectivity index (χ0) is 9.52. The maximum absolute atomic E-state index is 12.4. The number of rotatable bonds is 2. The zero-order valence-corrected chi connectivity index (χ0v) is 7.47. The van der Waals surface area contributed by atoms with Gasteiger partial charge in [-0.15, -0.1) is 0 Å². The molecule has 68 valence electrons. The number of halogens is 1. The highest BCUT2D eigenvalue weighted by atomic mass is 19.1. The van der Waals surface area contributed by atoms with Gasteiger partial charge in [0.15, 0.2) is 0 Å². The van der Waals surface area contributed by atoms with Crippen LogP contribution in [0.2, 0.25) is 0 Å². The molecule has 0 aromatic rings. The van der Waals surface area contributed by atoms with Crippen LogP contribution in [0, 0.1) is 17.3 Å².